The van der Waals surface area contributed by atoms with Crippen LogP contribution in [0.1, 0.15) is 26.1 Å². The van der Waals surface area contributed by atoms with Crippen molar-refractivity contribution in [3.63, 3.8) is 0 Å². The van der Waals surface area contributed by atoms with E-state index in [1.54, 1.807) is 0 Å². The number of fused-ring (bicyclic) bond motifs is 3. The minimum Gasteiger partial charge on any atom is -0.449 e. The molecular formula is C18H22N3O2+. The van der Waals surface area contributed by atoms with Crippen molar-refractivity contribution in [3.05, 3.63) is 40.4 Å². The lowest BCUT2D eigenvalue weighted by molar-refractivity contribution is -0.926. The van der Waals surface area contributed by atoms with Gasteiger partial charge in [-0.2, -0.15) is 0 Å². The van der Waals surface area contributed by atoms with E-state index in [1.807, 2.05) is 24.3 Å². The predicted molar refractivity (Wildman–Crippen MR) is 89.5 cm³/mol. The highest BCUT2D eigenvalue weighted by Crippen LogP contribution is 2.24. The summed E-state index contributed by atoms with van der Waals surface area (Å²) in [6.07, 6.45) is 1.29. The Kier molecular flexibility index (Phi) is 3.45. The Labute approximate surface area is 134 Å². The van der Waals surface area contributed by atoms with Crippen molar-refractivity contribution in [3.8, 4) is 0 Å². The number of nitrogens with zero attached hydrogens (tertiary/aromatic N) is 1. The molecule has 2 aromatic heterocycles. The van der Waals surface area contributed by atoms with Gasteiger partial charge in [-0.15, -0.1) is 0 Å². The van der Waals surface area contributed by atoms with E-state index in [9.17, 15) is 4.79 Å². The third-order valence-corrected chi connectivity index (χ3v) is 4.78. The van der Waals surface area contributed by atoms with Gasteiger partial charge in [0.15, 0.2) is 5.82 Å². The number of H-pyrrole nitrogens is 1. The number of para-hydroxylation sites is 1. The molecule has 1 saturated heterocycles. The second-order valence-corrected chi connectivity index (χ2v) is 7.07. The second kappa shape index (κ2) is 5.49. The quantitative estimate of drug-likeness (QED) is 0.757. The van der Waals surface area contributed by atoms with Crippen LogP contribution >= 0.6 is 0 Å². The molecule has 3 aromatic rings. The second-order valence-electron chi connectivity index (χ2n) is 7.07. The number of hydrogen-bond donors (Lipinski definition) is 2. The molecule has 2 N–H and O–H groups in total. The van der Waals surface area contributed by atoms with Crippen molar-refractivity contribution in [2.45, 2.75) is 26.8 Å². The average molecular weight is 312 g/mol. The summed E-state index contributed by atoms with van der Waals surface area (Å²) in [7, 11) is 0. The molecule has 2 atom stereocenters. The summed E-state index contributed by atoms with van der Waals surface area (Å²) in [5.41, 5.74) is 1.53. The van der Waals surface area contributed by atoms with Crippen LogP contribution in [0.5, 0.6) is 0 Å². The monoisotopic (exact) mass is 312 g/mol. The molecule has 0 spiro atoms. The highest BCUT2D eigenvalue weighted by Gasteiger charge is 2.26. The molecule has 5 heteroatoms. The lowest BCUT2D eigenvalue weighted by Gasteiger charge is -2.31. The number of nitrogens with one attached hydrogen (secondary N) is 2. The molecule has 1 fully saturated rings. The van der Waals surface area contributed by atoms with Gasteiger partial charge in [0.05, 0.1) is 13.1 Å². The molecule has 1 aliphatic heterocycles. The number of aromatic amines is 1. The van der Waals surface area contributed by atoms with Gasteiger partial charge < -0.3 is 14.3 Å². The Morgan fingerprint density at radius 1 is 1.26 bits per heavy atom. The molecule has 1 aromatic carbocycles. The van der Waals surface area contributed by atoms with Gasteiger partial charge in [0.1, 0.15) is 17.6 Å². The van der Waals surface area contributed by atoms with Crippen LogP contribution in [-0.2, 0) is 6.54 Å². The number of quaternary nitrogens is 1. The summed E-state index contributed by atoms with van der Waals surface area (Å²) >= 11 is 0. The van der Waals surface area contributed by atoms with E-state index in [0.29, 0.717) is 16.7 Å². The van der Waals surface area contributed by atoms with Crippen LogP contribution in [0.15, 0.2) is 33.5 Å². The highest BCUT2D eigenvalue weighted by molar-refractivity contribution is 6.01. The van der Waals surface area contributed by atoms with Gasteiger partial charge in [-0.05, 0) is 18.6 Å². The van der Waals surface area contributed by atoms with Gasteiger partial charge in [0, 0.05) is 17.2 Å². The molecular weight excluding hydrogens is 290 g/mol. The highest BCUT2D eigenvalue weighted by atomic mass is 16.3. The maximum absolute atomic E-state index is 12.3. The molecule has 5 nitrogen and oxygen atoms in total. The fraction of sp³-hybridized carbons (Fsp3) is 0.444. The fourth-order valence-corrected chi connectivity index (χ4v) is 4.03. The SMILES string of the molecule is C[C@H]1C[C@H](C)C[NH+](Cc2nc3c(oc4ccccc43)c(=O)[nH]2)C1. The molecule has 4 rings (SSSR count). The van der Waals surface area contributed by atoms with Gasteiger partial charge in [0.25, 0.3) is 5.56 Å². The molecule has 23 heavy (non-hydrogen) atoms. The number of furan rings is 1. The normalized spacial score (nSPS) is 25.2. The average Bonchev–Trinajstić information content (AvgIpc) is 2.86. The topological polar surface area (TPSA) is 63.3 Å². The minimum absolute atomic E-state index is 0.182. The lowest BCUT2D eigenvalue weighted by atomic mass is 9.92. The number of likely N-dealkylation sites (tertiary alicyclic amines) is 1. The fourth-order valence-electron chi connectivity index (χ4n) is 4.03. The van der Waals surface area contributed by atoms with Crippen molar-refractivity contribution in [1.82, 2.24) is 9.97 Å². The smallest absolute Gasteiger partial charge is 0.294 e. The molecule has 0 bridgehead atoms. The minimum atomic E-state index is -0.182. The van der Waals surface area contributed by atoms with Gasteiger partial charge in [0.2, 0.25) is 5.58 Å². The van der Waals surface area contributed by atoms with Crippen LogP contribution < -0.4 is 10.5 Å². The maximum atomic E-state index is 12.3. The molecule has 0 unspecified atom stereocenters. The first-order valence-electron chi connectivity index (χ1n) is 8.34. The van der Waals surface area contributed by atoms with Crippen LogP contribution in [0.2, 0.25) is 0 Å². The van der Waals surface area contributed by atoms with E-state index in [2.05, 4.69) is 18.8 Å². The molecule has 120 valence electrons. The Morgan fingerprint density at radius 3 is 2.78 bits per heavy atom. The Balaban J connectivity index is 1.73. The molecule has 1 aliphatic rings. The van der Waals surface area contributed by atoms with E-state index in [4.69, 9.17) is 9.40 Å². The van der Waals surface area contributed by atoms with Crippen LogP contribution in [-0.4, -0.2) is 23.1 Å². The van der Waals surface area contributed by atoms with E-state index in [1.165, 1.54) is 11.3 Å². The number of rotatable bonds is 2. The standard InChI is InChI=1S/C18H21N3O2/c1-11-7-12(2)9-21(8-11)10-15-19-16-13-5-3-4-6-14(13)23-17(16)18(22)20-15/h3-6,11-12H,7-10H2,1-2H3,(H,19,20,22)/p+1/t11-,12-/m0/s1. The van der Waals surface area contributed by atoms with Crippen molar-refractivity contribution in [2.75, 3.05) is 13.1 Å². The molecule has 3 heterocycles. The van der Waals surface area contributed by atoms with Crippen molar-refractivity contribution in [1.29, 1.82) is 0 Å². The third-order valence-electron chi connectivity index (χ3n) is 4.78. The van der Waals surface area contributed by atoms with Gasteiger partial charge in [-0.25, -0.2) is 4.98 Å². The number of benzene rings is 1. The Hall–Kier alpha value is -2.14. The predicted octanol–water partition coefficient (Wildman–Crippen LogP) is 1.73. The van der Waals surface area contributed by atoms with E-state index < -0.39 is 0 Å². The summed E-state index contributed by atoms with van der Waals surface area (Å²) < 4.78 is 5.65. The molecule has 0 amide bonds. The zero-order chi connectivity index (χ0) is 16.0. The summed E-state index contributed by atoms with van der Waals surface area (Å²) in [4.78, 5) is 21.4. The van der Waals surface area contributed by atoms with Crippen LogP contribution in [0.25, 0.3) is 22.1 Å². The van der Waals surface area contributed by atoms with Crippen LogP contribution in [0.4, 0.5) is 0 Å². The Morgan fingerprint density at radius 2 is 2.00 bits per heavy atom. The summed E-state index contributed by atoms with van der Waals surface area (Å²) in [5, 5.41) is 0.908. The third kappa shape index (κ3) is 2.65. The van der Waals surface area contributed by atoms with Crippen molar-refractivity contribution < 1.29 is 9.32 Å². The van der Waals surface area contributed by atoms with Crippen LogP contribution in [0, 0.1) is 11.8 Å². The van der Waals surface area contributed by atoms with Crippen molar-refractivity contribution >= 4 is 22.1 Å². The van der Waals surface area contributed by atoms with Gasteiger partial charge >= 0.3 is 0 Å². The number of hydrogen-bond acceptors (Lipinski definition) is 3. The molecule has 0 saturated carbocycles. The molecule has 0 radical (unpaired) electrons. The largest absolute Gasteiger partial charge is 0.449 e. The zero-order valence-corrected chi connectivity index (χ0v) is 13.6. The van der Waals surface area contributed by atoms with Gasteiger partial charge in [-0.3, -0.25) is 4.79 Å². The first-order valence-corrected chi connectivity index (χ1v) is 8.34. The van der Waals surface area contributed by atoms with E-state index in [-0.39, 0.29) is 5.56 Å². The summed E-state index contributed by atoms with van der Waals surface area (Å²) in [6, 6.07) is 7.67. The number of aromatic nitrogens is 2. The van der Waals surface area contributed by atoms with E-state index >= 15 is 0 Å². The lowest BCUT2D eigenvalue weighted by Crippen LogP contribution is -3.13. The zero-order valence-electron chi connectivity index (χ0n) is 13.6. The first kappa shape index (κ1) is 14.5. The summed E-state index contributed by atoms with van der Waals surface area (Å²) in [5.74, 6) is 2.20. The maximum Gasteiger partial charge on any atom is 0.294 e. The Bertz CT molecular complexity index is 901. The van der Waals surface area contributed by atoms with Gasteiger partial charge in [-0.1, -0.05) is 26.0 Å². The van der Waals surface area contributed by atoms with Crippen molar-refractivity contribution in [2.24, 2.45) is 11.8 Å². The number of piperidine rings is 1. The summed E-state index contributed by atoms with van der Waals surface area (Å²) in [6.45, 7) is 7.65. The molecule has 0 aliphatic carbocycles. The van der Waals surface area contributed by atoms with Crippen LogP contribution in [0.3, 0.4) is 0 Å². The first-order chi connectivity index (χ1) is 11.1. The van der Waals surface area contributed by atoms with E-state index in [0.717, 1.165) is 42.7 Å².